The average Bonchev–Trinajstić information content (AvgIpc) is 2.01. The Balaban J connectivity index is 2.56. The van der Waals surface area contributed by atoms with E-state index in [2.05, 4.69) is 15.6 Å². The Morgan fingerprint density at radius 3 is 2.71 bits per heavy atom. The van der Waals surface area contributed by atoms with Crippen LogP contribution in [0.15, 0.2) is 10.2 Å². The van der Waals surface area contributed by atoms with Crippen molar-refractivity contribution in [1.82, 2.24) is 10.4 Å². The monoisotopic (exact) mass is 198 g/mol. The summed E-state index contributed by atoms with van der Waals surface area (Å²) in [6.45, 7) is 7.10. The quantitative estimate of drug-likeness (QED) is 0.633. The second-order valence-corrected chi connectivity index (χ2v) is 3.88. The second-order valence-electron chi connectivity index (χ2n) is 3.88. The summed E-state index contributed by atoms with van der Waals surface area (Å²) in [5.74, 6) is 0.540. The van der Waals surface area contributed by atoms with Gasteiger partial charge >= 0.3 is 6.09 Å². The molecule has 0 unspecified atom stereocenters. The fourth-order valence-electron chi connectivity index (χ4n) is 0.793. The fourth-order valence-corrected chi connectivity index (χ4v) is 0.793. The van der Waals surface area contributed by atoms with E-state index in [1.54, 1.807) is 27.7 Å². The number of nitrogens with zero attached hydrogens (tertiary/aromatic N) is 3. The number of carbonyl (C=O) groups is 1. The Morgan fingerprint density at radius 1 is 1.57 bits per heavy atom. The maximum atomic E-state index is 11.5. The molecule has 1 heterocycles. The van der Waals surface area contributed by atoms with Crippen molar-refractivity contribution in [3.05, 3.63) is 0 Å². The van der Waals surface area contributed by atoms with Crippen LogP contribution in [0.2, 0.25) is 0 Å². The lowest BCUT2D eigenvalue weighted by molar-refractivity contribution is 0.0338. The fraction of sp³-hybridized carbons (Fsp3) is 0.625. The summed E-state index contributed by atoms with van der Waals surface area (Å²) < 4.78 is 5.10. The molecule has 0 aliphatic carbocycles. The molecule has 1 rings (SSSR count). The van der Waals surface area contributed by atoms with Crippen LogP contribution in [-0.2, 0) is 4.74 Å². The molecule has 0 radical (unpaired) electrons. The van der Waals surface area contributed by atoms with Crippen molar-refractivity contribution in [3.63, 3.8) is 0 Å². The first-order valence-corrected chi connectivity index (χ1v) is 4.25. The molecular weight excluding hydrogens is 184 g/mol. The summed E-state index contributed by atoms with van der Waals surface area (Å²) >= 11 is 0. The molecule has 1 N–H and O–H groups in total. The number of hydrogen-bond donors (Lipinski definition) is 1. The summed E-state index contributed by atoms with van der Waals surface area (Å²) in [5.41, 5.74) is 2.18. The highest BCUT2D eigenvalue weighted by Crippen LogP contribution is 2.08. The predicted octanol–water partition coefficient (Wildman–Crippen LogP) is 1.10. The lowest BCUT2D eigenvalue weighted by atomic mass is 10.2. The zero-order valence-corrected chi connectivity index (χ0v) is 8.74. The molecule has 1 aliphatic heterocycles. The van der Waals surface area contributed by atoms with Crippen LogP contribution >= 0.6 is 0 Å². The third kappa shape index (κ3) is 3.04. The first kappa shape index (κ1) is 10.5. The van der Waals surface area contributed by atoms with Gasteiger partial charge in [-0.15, -0.1) is 10.2 Å². The molecular formula is C8H14N4O2. The van der Waals surface area contributed by atoms with Crippen molar-refractivity contribution in [2.45, 2.75) is 33.3 Å². The van der Waals surface area contributed by atoms with Crippen LogP contribution in [0.25, 0.3) is 0 Å². The van der Waals surface area contributed by atoms with E-state index in [9.17, 15) is 4.79 Å². The van der Waals surface area contributed by atoms with Crippen molar-refractivity contribution in [1.29, 1.82) is 0 Å². The number of amides is 1. The Labute approximate surface area is 82.6 Å². The first-order valence-electron chi connectivity index (χ1n) is 4.25. The van der Waals surface area contributed by atoms with Crippen molar-refractivity contribution >= 4 is 18.3 Å². The highest BCUT2D eigenvalue weighted by molar-refractivity contribution is 5.90. The summed E-state index contributed by atoms with van der Waals surface area (Å²) in [5, 5.41) is 8.45. The van der Waals surface area contributed by atoms with E-state index in [0.29, 0.717) is 5.84 Å². The molecule has 0 saturated carbocycles. The molecule has 0 saturated heterocycles. The van der Waals surface area contributed by atoms with E-state index in [0.717, 1.165) is 5.01 Å². The molecule has 6 nitrogen and oxygen atoms in total. The van der Waals surface area contributed by atoms with Crippen molar-refractivity contribution < 1.29 is 9.53 Å². The third-order valence-electron chi connectivity index (χ3n) is 1.25. The number of nitrogens with one attached hydrogen (secondary N) is 1. The normalized spacial score (nSPS) is 16.0. The van der Waals surface area contributed by atoms with E-state index in [4.69, 9.17) is 4.74 Å². The number of carbonyl (C=O) groups excluding carboxylic acids is 1. The Kier molecular flexibility index (Phi) is 2.73. The van der Waals surface area contributed by atoms with Gasteiger partial charge in [-0.25, -0.2) is 4.79 Å². The topological polar surface area (TPSA) is 66.3 Å². The number of rotatable bonds is 0. The van der Waals surface area contributed by atoms with Gasteiger partial charge in [0.05, 0.1) is 0 Å². The summed E-state index contributed by atoms with van der Waals surface area (Å²) in [6, 6.07) is 0. The molecule has 0 spiro atoms. The van der Waals surface area contributed by atoms with E-state index in [1.807, 2.05) is 0 Å². The smallest absolute Gasteiger partial charge is 0.434 e. The van der Waals surface area contributed by atoms with Crippen LogP contribution in [0.1, 0.15) is 27.7 Å². The molecule has 0 atom stereocenters. The number of hydrazine groups is 1. The Morgan fingerprint density at radius 2 is 2.21 bits per heavy atom. The lowest BCUT2D eigenvalue weighted by Gasteiger charge is -2.25. The molecule has 6 heteroatoms. The van der Waals surface area contributed by atoms with E-state index in [1.165, 1.54) is 6.34 Å². The number of ether oxygens (including phenoxy) is 1. The summed E-state index contributed by atoms with van der Waals surface area (Å²) in [6.07, 6.45) is 0.761. The van der Waals surface area contributed by atoms with Crippen LogP contribution in [0, 0.1) is 0 Å². The molecule has 0 aromatic heterocycles. The second kappa shape index (κ2) is 3.65. The van der Waals surface area contributed by atoms with Gasteiger partial charge in [0.25, 0.3) is 0 Å². The minimum atomic E-state index is -0.519. The lowest BCUT2D eigenvalue weighted by Crippen LogP contribution is -2.48. The molecule has 14 heavy (non-hydrogen) atoms. The molecule has 0 bridgehead atoms. The van der Waals surface area contributed by atoms with Gasteiger partial charge in [-0.1, -0.05) is 0 Å². The van der Waals surface area contributed by atoms with Crippen molar-refractivity contribution in [2.24, 2.45) is 10.2 Å². The zero-order chi connectivity index (χ0) is 10.8. The molecule has 0 aromatic rings. The minimum absolute atomic E-state index is 0.504. The van der Waals surface area contributed by atoms with E-state index in [-0.39, 0.29) is 0 Å². The molecule has 0 fully saturated rings. The Bertz CT molecular complexity index is 290. The van der Waals surface area contributed by atoms with Gasteiger partial charge in [-0.2, -0.15) is 5.01 Å². The summed E-state index contributed by atoms with van der Waals surface area (Å²) in [4.78, 5) is 11.5. The largest absolute Gasteiger partial charge is 0.442 e. The molecule has 1 aliphatic rings. The van der Waals surface area contributed by atoms with E-state index < -0.39 is 11.7 Å². The van der Waals surface area contributed by atoms with Gasteiger partial charge in [-0.3, -0.25) is 5.43 Å². The molecule has 0 aromatic carbocycles. The van der Waals surface area contributed by atoms with Crippen LogP contribution in [0.3, 0.4) is 0 Å². The van der Waals surface area contributed by atoms with Gasteiger partial charge < -0.3 is 4.74 Å². The zero-order valence-electron chi connectivity index (χ0n) is 8.74. The van der Waals surface area contributed by atoms with Crippen LogP contribution in [0.5, 0.6) is 0 Å². The van der Waals surface area contributed by atoms with Gasteiger partial charge in [0.2, 0.25) is 0 Å². The Hall–Kier alpha value is -1.59. The number of amidine groups is 1. The van der Waals surface area contributed by atoms with Gasteiger partial charge in [0.1, 0.15) is 17.8 Å². The maximum absolute atomic E-state index is 11.5. The average molecular weight is 198 g/mol. The predicted molar refractivity (Wildman–Crippen MR) is 52.8 cm³/mol. The maximum Gasteiger partial charge on any atom is 0.434 e. The van der Waals surface area contributed by atoms with Crippen LogP contribution in [-0.4, -0.2) is 28.9 Å². The van der Waals surface area contributed by atoms with E-state index >= 15 is 0 Å². The van der Waals surface area contributed by atoms with Gasteiger partial charge in [0.15, 0.2) is 0 Å². The SMILES string of the molecule is CC1=NN=CN(C(=O)OC(C)(C)C)N1. The molecule has 78 valence electrons. The highest BCUT2D eigenvalue weighted by atomic mass is 16.6. The number of hydrogen-bond acceptors (Lipinski definition) is 5. The minimum Gasteiger partial charge on any atom is -0.442 e. The highest BCUT2D eigenvalue weighted by Gasteiger charge is 2.22. The van der Waals surface area contributed by atoms with Crippen molar-refractivity contribution in [3.8, 4) is 0 Å². The van der Waals surface area contributed by atoms with Crippen molar-refractivity contribution in [2.75, 3.05) is 0 Å². The molecule has 1 amide bonds. The van der Waals surface area contributed by atoms with Crippen LogP contribution < -0.4 is 5.43 Å². The first-order chi connectivity index (χ1) is 6.38. The third-order valence-corrected chi connectivity index (χ3v) is 1.25. The summed E-state index contributed by atoms with van der Waals surface area (Å²) in [7, 11) is 0. The van der Waals surface area contributed by atoms with Gasteiger partial charge in [0, 0.05) is 0 Å². The van der Waals surface area contributed by atoms with Gasteiger partial charge in [-0.05, 0) is 27.7 Å². The standard InChI is InChI=1S/C8H14N4O2/c1-6-10-9-5-12(11-6)7(13)14-8(2,3)4/h5H,1-4H3,(H,10,11). The van der Waals surface area contributed by atoms with Crippen LogP contribution in [0.4, 0.5) is 4.79 Å².